The molecule has 0 aliphatic heterocycles. The van der Waals surface area contributed by atoms with E-state index in [0.29, 0.717) is 6.04 Å². The Kier molecular flexibility index (Phi) is 5.94. The van der Waals surface area contributed by atoms with Gasteiger partial charge >= 0.3 is 0 Å². The molecule has 0 saturated heterocycles. The van der Waals surface area contributed by atoms with E-state index in [4.69, 9.17) is 4.74 Å². The van der Waals surface area contributed by atoms with Crippen molar-refractivity contribution in [3.8, 4) is 0 Å². The fraction of sp³-hybridized carbons (Fsp3) is 1.00. The van der Waals surface area contributed by atoms with Gasteiger partial charge in [0.25, 0.3) is 0 Å². The highest BCUT2D eigenvalue weighted by atomic mass is 16.5. The Morgan fingerprint density at radius 3 is 2.35 bits per heavy atom. The van der Waals surface area contributed by atoms with Gasteiger partial charge in [0.15, 0.2) is 0 Å². The zero-order valence-corrected chi connectivity index (χ0v) is 12.4. The highest BCUT2D eigenvalue weighted by Gasteiger charge is 2.40. The molecule has 2 heteroatoms. The van der Waals surface area contributed by atoms with Crippen molar-refractivity contribution in [2.45, 2.75) is 70.9 Å². The Labute approximate surface area is 108 Å². The number of hydrogen-bond acceptors (Lipinski definition) is 2. The molecule has 1 saturated carbocycles. The van der Waals surface area contributed by atoms with Crippen molar-refractivity contribution in [2.75, 3.05) is 14.2 Å². The summed E-state index contributed by atoms with van der Waals surface area (Å²) in [5, 5.41) is 3.52. The minimum absolute atomic E-state index is 0.0880. The van der Waals surface area contributed by atoms with Crippen molar-refractivity contribution >= 4 is 0 Å². The number of rotatable bonds is 6. The van der Waals surface area contributed by atoms with E-state index < -0.39 is 0 Å². The Morgan fingerprint density at radius 1 is 1.35 bits per heavy atom. The summed E-state index contributed by atoms with van der Waals surface area (Å²) in [6.45, 7) is 6.99. The van der Waals surface area contributed by atoms with Gasteiger partial charge in [0.05, 0.1) is 5.60 Å². The lowest BCUT2D eigenvalue weighted by atomic mass is 9.73. The van der Waals surface area contributed by atoms with Crippen LogP contribution in [-0.4, -0.2) is 25.8 Å². The van der Waals surface area contributed by atoms with Crippen molar-refractivity contribution in [2.24, 2.45) is 11.8 Å². The van der Waals surface area contributed by atoms with Crippen LogP contribution in [-0.2, 0) is 4.74 Å². The van der Waals surface area contributed by atoms with E-state index in [1.165, 1.54) is 38.5 Å². The van der Waals surface area contributed by atoms with Gasteiger partial charge in [0.1, 0.15) is 0 Å². The highest BCUT2D eigenvalue weighted by Crippen LogP contribution is 2.38. The van der Waals surface area contributed by atoms with Gasteiger partial charge in [-0.05, 0) is 51.0 Å². The molecule has 2 unspecified atom stereocenters. The summed E-state index contributed by atoms with van der Waals surface area (Å²) in [5.74, 6) is 1.65. The third-order valence-corrected chi connectivity index (χ3v) is 4.85. The summed E-state index contributed by atoms with van der Waals surface area (Å²) in [7, 11) is 3.99. The standard InChI is InChI=1S/C15H31NO/c1-6-12(2)11-14(16-4)15(17-5)9-7-13(3)8-10-15/h12-14,16H,6-11H2,1-5H3. The van der Waals surface area contributed by atoms with Gasteiger partial charge in [-0.1, -0.05) is 27.2 Å². The van der Waals surface area contributed by atoms with E-state index >= 15 is 0 Å². The fourth-order valence-corrected chi connectivity index (χ4v) is 3.11. The first-order valence-corrected chi connectivity index (χ1v) is 7.30. The normalized spacial score (nSPS) is 33.4. The minimum atomic E-state index is 0.0880. The van der Waals surface area contributed by atoms with Gasteiger partial charge in [-0.2, -0.15) is 0 Å². The van der Waals surface area contributed by atoms with Crippen LogP contribution in [0.1, 0.15) is 59.3 Å². The van der Waals surface area contributed by atoms with Crippen molar-refractivity contribution < 1.29 is 4.74 Å². The van der Waals surface area contributed by atoms with E-state index in [-0.39, 0.29) is 5.60 Å². The minimum Gasteiger partial charge on any atom is -0.377 e. The maximum atomic E-state index is 5.96. The number of hydrogen-bond donors (Lipinski definition) is 1. The average Bonchev–Trinajstić information content (AvgIpc) is 2.37. The summed E-state index contributed by atoms with van der Waals surface area (Å²) in [4.78, 5) is 0. The summed E-state index contributed by atoms with van der Waals surface area (Å²) < 4.78 is 5.96. The molecule has 0 radical (unpaired) electrons. The molecule has 0 aromatic rings. The maximum absolute atomic E-state index is 5.96. The average molecular weight is 241 g/mol. The lowest BCUT2D eigenvalue weighted by Gasteiger charge is -2.44. The predicted molar refractivity (Wildman–Crippen MR) is 74.3 cm³/mol. The number of ether oxygens (including phenoxy) is 1. The molecule has 0 bridgehead atoms. The van der Waals surface area contributed by atoms with Crippen LogP contribution in [0.3, 0.4) is 0 Å². The van der Waals surface area contributed by atoms with Crippen molar-refractivity contribution in [3.63, 3.8) is 0 Å². The molecule has 2 atom stereocenters. The van der Waals surface area contributed by atoms with Gasteiger partial charge in [-0.25, -0.2) is 0 Å². The molecule has 0 aromatic carbocycles. The Morgan fingerprint density at radius 2 is 1.94 bits per heavy atom. The number of methoxy groups -OCH3 is 1. The molecule has 1 aliphatic rings. The van der Waals surface area contributed by atoms with Crippen LogP contribution >= 0.6 is 0 Å². The van der Waals surface area contributed by atoms with Crippen molar-refractivity contribution in [3.05, 3.63) is 0 Å². The van der Waals surface area contributed by atoms with E-state index in [1.807, 2.05) is 7.11 Å². The molecule has 1 aliphatic carbocycles. The quantitative estimate of drug-likeness (QED) is 0.767. The first kappa shape index (κ1) is 15.0. The second-order valence-electron chi connectivity index (χ2n) is 6.04. The molecule has 2 nitrogen and oxygen atoms in total. The zero-order chi connectivity index (χ0) is 12.9. The van der Waals surface area contributed by atoms with Crippen LogP contribution in [0.4, 0.5) is 0 Å². The van der Waals surface area contributed by atoms with Crippen LogP contribution in [0.15, 0.2) is 0 Å². The Balaban J connectivity index is 2.68. The van der Waals surface area contributed by atoms with Crippen molar-refractivity contribution in [1.29, 1.82) is 0 Å². The Bertz CT molecular complexity index is 209. The SMILES string of the molecule is CCC(C)CC(NC)C1(OC)CCC(C)CC1. The van der Waals surface area contributed by atoms with Crippen LogP contribution in [0, 0.1) is 11.8 Å². The van der Waals surface area contributed by atoms with Crippen LogP contribution < -0.4 is 5.32 Å². The molecule has 1 rings (SSSR count). The van der Waals surface area contributed by atoms with E-state index in [2.05, 4.69) is 33.1 Å². The molecule has 1 fully saturated rings. The first-order valence-electron chi connectivity index (χ1n) is 7.30. The van der Waals surface area contributed by atoms with Crippen molar-refractivity contribution in [1.82, 2.24) is 5.32 Å². The highest BCUT2D eigenvalue weighted by molar-refractivity contribution is 4.96. The number of nitrogens with one attached hydrogen (secondary N) is 1. The topological polar surface area (TPSA) is 21.3 Å². The van der Waals surface area contributed by atoms with E-state index in [9.17, 15) is 0 Å². The smallest absolute Gasteiger partial charge is 0.0831 e. The van der Waals surface area contributed by atoms with Gasteiger partial charge < -0.3 is 10.1 Å². The van der Waals surface area contributed by atoms with Gasteiger partial charge in [0.2, 0.25) is 0 Å². The predicted octanol–water partition coefficient (Wildman–Crippen LogP) is 3.61. The Hall–Kier alpha value is -0.0800. The van der Waals surface area contributed by atoms with Gasteiger partial charge in [-0.15, -0.1) is 0 Å². The second kappa shape index (κ2) is 6.75. The summed E-state index contributed by atoms with van der Waals surface area (Å²) in [6, 6.07) is 0.509. The number of likely N-dealkylation sites (N-methyl/N-ethyl adjacent to an activating group) is 1. The molecule has 0 spiro atoms. The molecular formula is C15H31NO. The van der Waals surface area contributed by atoms with Gasteiger partial charge in [-0.3, -0.25) is 0 Å². The lowest BCUT2D eigenvalue weighted by molar-refractivity contribution is -0.0776. The van der Waals surface area contributed by atoms with E-state index in [1.54, 1.807) is 0 Å². The van der Waals surface area contributed by atoms with E-state index in [0.717, 1.165) is 11.8 Å². The second-order valence-corrected chi connectivity index (χ2v) is 6.04. The molecule has 0 amide bonds. The van der Waals surface area contributed by atoms with Crippen LogP contribution in [0.5, 0.6) is 0 Å². The molecular weight excluding hydrogens is 210 g/mol. The molecule has 17 heavy (non-hydrogen) atoms. The summed E-state index contributed by atoms with van der Waals surface area (Å²) in [6.07, 6.45) is 7.54. The third-order valence-electron chi connectivity index (χ3n) is 4.85. The van der Waals surface area contributed by atoms with Crippen LogP contribution in [0.2, 0.25) is 0 Å². The van der Waals surface area contributed by atoms with Crippen LogP contribution in [0.25, 0.3) is 0 Å². The largest absolute Gasteiger partial charge is 0.377 e. The molecule has 1 N–H and O–H groups in total. The lowest BCUT2D eigenvalue weighted by Crippen LogP contribution is -2.53. The summed E-state index contributed by atoms with van der Waals surface area (Å²) >= 11 is 0. The molecule has 0 heterocycles. The third kappa shape index (κ3) is 3.69. The molecule has 0 aromatic heterocycles. The summed E-state index contributed by atoms with van der Waals surface area (Å²) in [5.41, 5.74) is 0.0880. The zero-order valence-electron chi connectivity index (χ0n) is 12.4. The monoisotopic (exact) mass is 241 g/mol. The first-order chi connectivity index (χ1) is 8.07. The molecule has 102 valence electrons. The fourth-order valence-electron chi connectivity index (χ4n) is 3.11. The maximum Gasteiger partial charge on any atom is 0.0831 e. The van der Waals surface area contributed by atoms with Gasteiger partial charge in [0, 0.05) is 13.2 Å².